The summed E-state index contributed by atoms with van der Waals surface area (Å²) in [5.74, 6) is -2.42. The van der Waals surface area contributed by atoms with E-state index in [9.17, 15) is 8.78 Å². The van der Waals surface area contributed by atoms with E-state index < -0.39 is 5.76 Å². The Hall–Kier alpha value is -1.67. The van der Waals surface area contributed by atoms with Gasteiger partial charge in [-0.05, 0) is 50.3 Å². The second-order valence-corrected chi connectivity index (χ2v) is 6.12. The number of alkyl halides is 2. The minimum absolute atomic E-state index is 0.425. The molecule has 2 N–H and O–H groups in total. The maximum atomic E-state index is 12.3. The lowest BCUT2D eigenvalue weighted by molar-refractivity contribution is 0.252. The Morgan fingerprint density at radius 3 is 2.36 bits per heavy atom. The molecule has 0 unspecified atom stereocenters. The first-order valence-corrected chi connectivity index (χ1v) is 7.78. The van der Waals surface area contributed by atoms with Crippen LogP contribution >= 0.6 is 24.0 Å². The lowest BCUT2D eigenvalue weighted by Gasteiger charge is -2.11. The average molecular weight is 342 g/mol. The van der Waals surface area contributed by atoms with Gasteiger partial charge in [0.2, 0.25) is 0 Å². The van der Waals surface area contributed by atoms with E-state index in [1.165, 1.54) is 0 Å². The van der Waals surface area contributed by atoms with Gasteiger partial charge in [0.25, 0.3) is 5.76 Å². The Bertz CT molecular complexity index is 668. The molecule has 1 aromatic carbocycles. The van der Waals surface area contributed by atoms with Crippen molar-refractivity contribution in [3.05, 3.63) is 35.7 Å². The first-order valence-electron chi connectivity index (χ1n) is 6.50. The Morgan fingerprint density at radius 1 is 1.23 bits per heavy atom. The molecule has 2 rings (SSSR count). The number of aromatic nitrogens is 2. The molecular weight excluding hydrogens is 326 g/mol. The fourth-order valence-electron chi connectivity index (χ4n) is 1.95. The van der Waals surface area contributed by atoms with Crippen molar-refractivity contribution >= 4 is 40.5 Å². The molecule has 8 heteroatoms. The summed E-state index contributed by atoms with van der Waals surface area (Å²) in [6.07, 6.45) is 0. The van der Waals surface area contributed by atoms with Gasteiger partial charge in [-0.25, -0.2) is 0 Å². The molecule has 0 aliphatic carbocycles. The Kier molecular flexibility index (Phi) is 5.36. The predicted molar refractivity (Wildman–Crippen MR) is 90.8 cm³/mol. The van der Waals surface area contributed by atoms with Crippen LogP contribution in [0, 0.1) is 13.8 Å². The molecule has 0 spiro atoms. The molecule has 0 amide bonds. The summed E-state index contributed by atoms with van der Waals surface area (Å²) in [7, 11) is 1.86. The van der Waals surface area contributed by atoms with Gasteiger partial charge < -0.3 is 10.6 Å². The quantitative estimate of drug-likeness (QED) is 0.645. The molecule has 0 atom stereocenters. The van der Waals surface area contributed by atoms with Gasteiger partial charge in [0.15, 0.2) is 5.11 Å². The maximum absolute atomic E-state index is 12.3. The molecule has 118 valence electrons. The van der Waals surface area contributed by atoms with Crippen molar-refractivity contribution in [1.29, 1.82) is 0 Å². The molecule has 1 aromatic heterocycles. The van der Waals surface area contributed by atoms with Gasteiger partial charge in [0, 0.05) is 17.6 Å². The van der Waals surface area contributed by atoms with Gasteiger partial charge >= 0.3 is 0 Å². The molecule has 2 aromatic rings. The van der Waals surface area contributed by atoms with Crippen LogP contribution in [0.5, 0.6) is 0 Å². The van der Waals surface area contributed by atoms with Crippen molar-refractivity contribution in [3.63, 3.8) is 0 Å². The molecule has 0 saturated heterocycles. The zero-order valence-electron chi connectivity index (χ0n) is 12.4. The number of halogens is 2. The van der Waals surface area contributed by atoms with Crippen molar-refractivity contribution in [1.82, 2.24) is 9.78 Å². The number of aryl methyl sites for hydroxylation is 2. The Balaban J connectivity index is 2.00. The molecule has 4 nitrogen and oxygen atoms in total. The number of nitrogens with zero attached hydrogens (tertiary/aromatic N) is 2. The Morgan fingerprint density at radius 2 is 1.86 bits per heavy atom. The first kappa shape index (κ1) is 16.7. The number of nitrogens with one attached hydrogen (secondary N) is 2. The van der Waals surface area contributed by atoms with Gasteiger partial charge in [-0.1, -0.05) is 11.8 Å². The topological polar surface area (TPSA) is 41.9 Å². The summed E-state index contributed by atoms with van der Waals surface area (Å²) in [6.45, 7) is 3.84. The SMILES string of the molecule is Cc1nn(C)c(C)c1NC(=S)Nc1ccc(SC(F)F)cc1. The summed E-state index contributed by atoms with van der Waals surface area (Å²) in [4.78, 5) is 0.512. The van der Waals surface area contributed by atoms with Gasteiger partial charge in [-0.3, -0.25) is 4.68 Å². The highest BCUT2D eigenvalue weighted by atomic mass is 32.2. The standard InChI is InChI=1S/C14H16F2N4S2/c1-8-12(9(2)20(3)19-8)18-14(21)17-10-4-6-11(7-5-10)22-13(15)16/h4-7,13H,1-3H3,(H2,17,18,21). The molecule has 0 aliphatic rings. The normalized spacial score (nSPS) is 10.8. The van der Waals surface area contributed by atoms with Crippen molar-refractivity contribution in [2.45, 2.75) is 24.5 Å². The van der Waals surface area contributed by atoms with E-state index in [1.807, 2.05) is 20.9 Å². The second-order valence-electron chi connectivity index (χ2n) is 4.65. The van der Waals surface area contributed by atoms with Crippen LogP contribution in [0.4, 0.5) is 20.2 Å². The minimum Gasteiger partial charge on any atom is -0.332 e. The third kappa shape index (κ3) is 4.17. The van der Waals surface area contributed by atoms with E-state index in [-0.39, 0.29) is 0 Å². The van der Waals surface area contributed by atoms with Crippen LogP contribution in [0.1, 0.15) is 11.4 Å². The van der Waals surface area contributed by atoms with Crippen molar-refractivity contribution in [3.8, 4) is 0 Å². The third-order valence-electron chi connectivity index (χ3n) is 3.08. The van der Waals surface area contributed by atoms with Crippen LogP contribution in [0.2, 0.25) is 0 Å². The van der Waals surface area contributed by atoms with Crippen LogP contribution in [0.25, 0.3) is 0 Å². The van der Waals surface area contributed by atoms with E-state index >= 15 is 0 Å². The Labute approximate surface area is 137 Å². The molecule has 0 bridgehead atoms. The van der Waals surface area contributed by atoms with Gasteiger partial charge in [-0.2, -0.15) is 13.9 Å². The number of hydrogen-bond acceptors (Lipinski definition) is 3. The van der Waals surface area contributed by atoms with Gasteiger partial charge in [-0.15, -0.1) is 0 Å². The van der Waals surface area contributed by atoms with E-state index in [4.69, 9.17) is 12.2 Å². The molecule has 0 fully saturated rings. The molecule has 22 heavy (non-hydrogen) atoms. The largest absolute Gasteiger partial charge is 0.332 e. The number of hydrogen-bond donors (Lipinski definition) is 2. The zero-order valence-corrected chi connectivity index (χ0v) is 14.0. The average Bonchev–Trinajstić information content (AvgIpc) is 2.67. The lowest BCUT2D eigenvalue weighted by atomic mass is 10.3. The highest BCUT2D eigenvalue weighted by molar-refractivity contribution is 7.99. The summed E-state index contributed by atoms with van der Waals surface area (Å²) in [5.41, 5.74) is 3.43. The van der Waals surface area contributed by atoms with Crippen molar-refractivity contribution in [2.75, 3.05) is 10.6 Å². The fourth-order valence-corrected chi connectivity index (χ4v) is 2.67. The lowest BCUT2D eigenvalue weighted by Crippen LogP contribution is -2.19. The van der Waals surface area contributed by atoms with Crippen LogP contribution in [0.3, 0.4) is 0 Å². The fraction of sp³-hybridized carbons (Fsp3) is 0.286. The number of benzene rings is 1. The maximum Gasteiger partial charge on any atom is 0.288 e. The number of rotatable bonds is 4. The molecular formula is C14H16F2N4S2. The van der Waals surface area contributed by atoms with E-state index in [1.54, 1.807) is 28.9 Å². The van der Waals surface area contributed by atoms with E-state index in [0.717, 1.165) is 22.8 Å². The monoisotopic (exact) mass is 342 g/mol. The van der Waals surface area contributed by atoms with Crippen molar-refractivity contribution in [2.24, 2.45) is 7.05 Å². The molecule has 0 saturated carbocycles. The predicted octanol–water partition coefficient (Wildman–Crippen LogP) is 4.16. The number of thiocarbonyl (C=S) groups is 1. The minimum atomic E-state index is -2.42. The smallest absolute Gasteiger partial charge is 0.288 e. The molecule has 0 radical (unpaired) electrons. The van der Waals surface area contributed by atoms with Gasteiger partial charge in [0.1, 0.15) is 0 Å². The summed E-state index contributed by atoms with van der Waals surface area (Å²) in [6, 6.07) is 6.67. The molecule has 0 aliphatic heterocycles. The number of anilines is 2. The van der Waals surface area contributed by atoms with Crippen LogP contribution in [-0.4, -0.2) is 20.7 Å². The van der Waals surface area contributed by atoms with Crippen LogP contribution < -0.4 is 10.6 Å². The zero-order chi connectivity index (χ0) is 16.3. The molecule has 1 heterocycles. The summed E-state index contributed by atoms with van der Waals surface area (Å²) >= 11 is 5.78. The second kappa shape index (κ2) is 7.06. The van der Waals surface area contributed by atoms with Gasteiger partial charge in [0.05, 0.1) is 17.1 Å². The third-order valence-corrected chi connectivity index (χ3v) is 4.01. The summed E-state index contributed by atoms with van der Waals surface area (Å²) < 4.78 is 26.3. The highest BCUT2D eigenvalue weighted by Crippen LogP contribution is 2.26. The van der Waals surface area contributed by atoms with E-state index in [2.05, 4.69) is 15.7 Å². The van der Waals surface area contributed by atoms with Crippen molar-refractivity contribution < 1.29 is 8.78 Å². The highest BCUT2D eigenvalue weighted by Gasteiger charge is 2.11. The van der Waals surface area contributed by atoms with Crippen LogP contribution in [-0.2, 0) is 7.05 Å². The summed E-state index contributed by atoms with van der Waals surface area (Å²) in [5, 5.41) is 10.9. The van der Waals surface area contributed by atoms with E-state index in [0.29, 0.717) is 21.8 Å². The van der Waals surface area contributed by atoms with Crippen LogP contribution in [0.15, 0.2) is 29.2 Å². The number of thioether (sulfide) groups is 1. The first-order chi connectivity index (χ1) is 10.4.